The molecule has 5 nitrogen and oxygen atoms in total. The van der Waals surface area contributed by atoms with E-state index in [1.807, 2.05) is 45.2 Å². The molecular formula is C23H30N4O. The van der Waals surface area contributed by atoms with Crippen LogP contribution in [0.25, 0.3) is 0 Å². The maximum Gasteiger partial charge on any atom is 0.226 e. The SMILES string of the molecule is CN=C(NCc1ccc(NC(=O)C(C)C)cc1)N1CCC(c2ccccc2)C1. The minimum absolute atomic E-state index is 0.0233. The van der Waals surface area contributed by atoms with Crippen LogP contribution >= 0.6 is 0 Å². The van der Waals surface area contributed by atoms with Crippen LogP contribution in [-0.2, 0) is 11.3 Å². The maximum absolute atomic E-state index is 11.8. The molecule has 28 heavy (non-hydrogen) atoms. The third-order valence-corrected chi connectivity index (χ3v) is 5.17. The molecule has 1 fully saturated rings. The Labute approximate surface area is 167 Å². The summed E-state index contributed by atoms with van der Waals surface area (Å²) in [4.78, 5) is 18.6. The molecule has 5 heteroatoms. The zero-order valence-electron chi connectivity index (χ0n) is 17.0. The summed E-state index contributed by atoms with van der Waals surface area (Å²) in [6, 6.07) is 18.7. The van der Waals surface area contributed by atoms with E-state index < -0.39 is 0 Å². The van der Waals surface area contributed by atoms with Crippen molar-refractivity contribution in [1.29, 1.82) is 0 Å². The van der Waals surface area contributed by atoms with Gasteiger partial charge in [-0.05, 0) is 29.7 Å². The summed E-state index contributed by atoms with van der Waals surface area (Å²) in [7, 11) is 1.84. The second kappa shape index (κ2) is 9.40. The summed E-state index contributed by atoms with van der Waals surface area (Å²) in [6.45, 7) is 6.49. The Morgan fingerprint density at radius 2 is 1.86 bits per heavy atom. The number of benzene rings is 2. The van der Waals surface area contributed by atoms with Gasteiger partial charge in [-0.2, -0.15) is 0 Å². The van der Waals surface area contributed by atoms with Crippen LogP contribution in [0.5, 0.6) is 0 Å². The lowest BCUT2D eigenvalue weighted by atomic mass is 9.99. The maximum atomic E-state index is 11.8. The van der Waals surface area contributed by atoms with E-state index in [0.717, 1.165) is 36.7 Å². The monoisotopic (exact) mass is 378 g/mol. The summed E-state index contributed by atoms with van der Waals surface area (Å²) in [5.74, 6) is 1.51. The quantitative estimate of drug-likeness (QED) is 0.614. The molecule has 1 unspecified atom stereocenters. The highest BCUT2D eigenvalue weighted by molar-refractivity contribution is 5.92. The van der Waals surface area contributed by atoms with Crippen molar-refractivity contribution in [2.45, 2.75) is 32.7 Å². The van der Waals surface area contributed by atoms with Crippen molar-refractivity contribution in [3.63, 3.8) is 0 Å². The highest BCUT2D eigenvalue weighted by Gasteiger charge is 2.25. The molecule has 1 amide bonds. The topological polar surface area (TPSA) is 56.7 Å². The summed E-state index contributed by atoms with van der Waals surface area (Å²) in [5, 5.41) is 6.39. The average molecular weight is 379 g/mol. The molecule has 2 aromatic carbocycles. The van der Waals surface area contributed by atoms with Gasteiger partial charge in [0.1, 0.15) is 0 Å². The van der Waals surface area contributed by atoms with Crippen molar-refractivity contribution in [3.05, 3.63) is 65.7 Å². The Morgan fingerprint density at radius 3 is 2.50 bits per heavy atom. The van der Waals surface area contributed by atoms with E-state index in [-0.39, 0.29) is 11.8 Å². The van der Waals surface area contributed by atoms with Crippen LogP contribution in [0.3, 0.4) is 0 Å². The number of amides is 1. The lowest BCUT2D eigenvalue weighted by Gasteiger charge is -2.22. The molecule has 3 rings (SSSR count). The van der Waals surface area contributed by atoms with E-state index in [4.69, 9.17) is 0 Å². The van der Waals surface area contributed by atoms with Gasteiger partial charge in [-0.25, -0.2) is 0 Å². The Bertz CT molecular complexity index is 799. The fraction of sp³-hybridized carbons (Fsp3) is 0.391. The summed E-state index contributed by atoms with van der Waals surface area (Å²) < 4.78 is 0. The fourth-order valence-corrected chi connectivity index (χ4v) is 3.46. The first-order chi connectivity index (χ1) is 13.6. The highest BCUT2D eigenvalue weighted by atomic mass is 16.1. The van der Waals surface area contributed by atoms with Crippen LogP contribution in [0.4, 0.5) is 5.69 Å². The van der Waals surface area contributed by atoms with Crippen molar-refractivity contribution in [3.8, 4) is 0 Å². The number of rotatable bonds is 5. The molecular weight excluding hydrogens is 348 g/mol. The number of aliphatic imine (C=N–C) groups is 1. The Balaban J connectivity index is 1.52. The van der Waals surface area contributed by atoms with Crippen molar-refractivity contribution >= 4 is 17.6 Å². The smallest absolute Gasteiger partial charge is 0.226 e. The molecule has 0 saturated carbocycles. The average Bonchev–Trinajstić information content (AvgIpc) is 3.20. The van der Waals surface area contributed by atoms with E-state index in [9.17, 15) is 4.79 Å². The van der Waals surface area contributed by atoms with E-state index in [0.29, 0.717) is 12.5 Å². The van der Waals surface area contributed by atoms with Gasteiger partial charge in [0.2, 0.25) is 5.91 Å². The number of carbonyl (C=O) groups is 1. The number of guanidine groups is 1. The lowest BCUT2D eigenvalue weighted by molar-refractivity contribution is -0.118. The van der Waals surface area contributed by atoms with Crippen molar-refractivity contribution in [2.24, 2.45) is 10.9 Å². The fourth-order valence-electron chi connectivity index (χ4n) is 3.46. The van der Waals surface area contributed by atoms with Crippen LogP contribution in [0, 0.1) is 5.92 Å². The van der Waals surface area contributed by atoms with Gasteiger partial charge in [-0.3, -0.25) is 9.79 Å². The minimum Gasteiger partial charge on any atom is -0.352 e. The third-order valence-electron chi connectivity index (χ3n) is 5.17. The Kier molecular flexibility index (Phi) is 6.69. The first-order valence-electron chi connectivity index (χ1n) is 9.97. The molecule has 1 saturated heterocycles. The van der Waals surface area contributed by atoms with Gasteiger partial charge in [0, 0.05) is 44.2 Å². The molecule has 0 bridgehead atoms. The normalized spacial score (nSPS) is 17.1. The number of likely N-dealkylation sites (tertiary alicyclic amines) is 1. The molecule has 2 N–H and O–H groups in total. The van der Waals surface area contributed by atoms with Crippen LogP contribution in [-0.4, -0.2) is 36.9 Å². The van der Waals surface area contributed by atoms with Gasteiger partial charge >= 0.3 is 0 Å². The molecule has 0 radical (unpaired) electrons. The second-order valence-electron chi connectivity index (χ2n) is 7.58. The molecule has 0 spiro atoms. The number of nitrogens with zero attached hydrogens (tertiary/aromatic N) is 2. The van der Waals surface area contributed by atoms with E-state index in [1.54, 1.807) is 0 Å². The molecule has 1 aliphatic rings. The number of hydrogen-bond donors (Lipinski definition) is 2. The largest absolute Gasteiger partial charge is 0.352 e. The first-order valence-corrected chi connectivity index (χ1v) is 9.97. The van der Waals surface area contributed by atoms with Crippen LogP contribution in [0.2, 0.25) is 0 Å². The van der Waals surface area contributed by atoms with Gasteiger partial charge in [0.15, 0.2) is 5.96 Å². The van der Waals surface area contributed by atoms with Crippen molar-refractivity contribution in [1.82, 2.24) is 10.2 Å². The lowest BCUT2D eigenvalue weighted by Crippen LogP contribution is -2.39. The molecule has 2 aromatic rings. The number of hydrogen-bond acceptors (Lipinski definition) is 2. The highest BCUT2D eigenvalue weighted by Crippen LogP contribution is 2.26. The summed E-state index contributed by atoms with van der Waals surface area (Å²) in [6.07, 6.45) is 1.15. The van der Waals surface area contributed by atoms with Crippen LogP contribution in [0.1, 0.15) is 37.3 Å². The van der Waals surface area contributed by atoms with Gasteiger partial charge < -0.3 is 15.5 Å². The predicted molar refractivity (Wildman–Crippen MR) is 115 cm³/mol. The molecule has 1 heterocycles. The van der Waals surface area contributed by atoms with E-state index in [2.05, 4.69) is 50.9 Å². The molecule has 0 aliphatic carbocycles. The standard InChI is InChI=1S/C23H30N4O/c1-17(2)22(28)26-21-11-9-18(10-12-21)15-25-23(24-3)27-14-13-20(16-27)19-7-5-4-6-8-19/h4-12,17,20H,13-16H2,1-3H3,(H,24,25)(H,26,28). The zero-order valence-corrected chi connectivity index (χ0v) is 17.0. The van der Waals surface area contributed by atoms with Crippen molar-refractivity contribution in [2.75, 3.05) is 25.5 Å². The summed E-state index contributed by atoms with van der Waals surface area (Å²) >= 11 is 0. The van der Waals surface area contributed by atoms with Crippen LogP contribution < -0.4 is 10.6 Å². The number of carbonyl (C=O) groups excluding carboxylic acids is 1. The molecule has 148 valence electrons. The molecule has 1 aliphatic heterocycles. The molecule has 1 atom stereocenters. The van der Waals surface area contributed by atoms with Gasteiger partial charge in [0.25, 0.3) is 0 Å². The Morgan fingerprint density at radius 1 is 1.14 bits per heavy atom. The van der Waals surface area contributed by atoms with Gasteiger partial charge in [-0.15, -0.1) is 0 Å². The van der Waals surface area contributed by atoms with E-state index in [1.165, 1.54) is 5.56 Å². The van der Waals surface area contributed by atoms with E-state index >= 15 is 0 Å². The Hall–Kier alpha value is -2.82. The minimum atomic E-state index is -0.0233. The van der Waals surface area contributed by atoms with Gasteiger partial charge in [0.05, 0.1) is 0 Å². The predicted octanol–water partition coefficient (Wildman–Crippen LogP) is 3.85. The third kappa shape index (κ3) is 5.12. The first kappa shape index (κ1) is 19.9. The zero-order chi connectivity index (χ0) is 19.9. The summed E-state index contributed by atoms with van der Waals surface area (Å²) in [5.41, 5.74) is 3.39. The second-order valence-corrected chi connectivity index (χ2v) is 7.58. The van der Waals surface area contributed by atoms with Gasteiger partial charge in [-0.1, -0.05) is 56.3 Å². The number of nitrogens with one attached hydrogen (secondary N) is 2. The van der Waals surface area contributed by atoms with Crippen LogP contribution in [0.15, 0.2) is 59.6 Å². The number of anilines is 1. The molecule has 0 aromatic heterocycles. The van der Waals surface area contributed by atoms with Crippen molar-refractivity contribution < 1.29 is 4.79 Å².